The van der Waals surface area contributed by atoms with Crippen LogP contribution in [0.5, 0.6) is 0 Å². The van der Waals surface area contributed by atoms with E-state index in [-0.39, 0.29) is 11.3 Å². The van der Waals surface area contributed by atoms with Gasteiger partial charge in [0, 0.05) is 5.56 Å². The standard InChI is InChI=1S/C24H18ClN3O2/c1-16-11-13-17(14-12-16)15-21-23(29)27-28(22(26-21)18-7-3-2-4-8-18)24(30)19-9-5-6-10-20(19)25/h2-15H,1H3,(H,27,29)/b21-15+. The number of halogens is 1. The number of nitrogens with zero attached hydrogens (tertiary/aromatic N) is 2. The van der Waals surface area contributed by atoms with Crippen LogP contribution in [0.4, 0.5) is 0 Å². The van der Waals surface area contributed by atoms with Crippen molar-refractivity contribution >= 4 is 35.3 Å². The zero-order valence-electron chi connectivity index (χ0n) is 16.2. The number of rotatable bonds is 3. The Morgan fingerprint density at radius 2 is 1.63 bits per heavy atom. The summed E-state index contributed by atoms with van der Waals surface area (Å²) in [6, 6.07) is 23.6. The summed E-state index contributed by atoms with van der Waals surface area (Å²) in [4.78, 5) is 30.5. The number of aryl methyl sites for hydroxylation is 1. The van der Waals surface area contributed by atoms with Gasteiger partial charge in [-0.3, -0.25) is 15.0 Å². The van der Waals surface area contributed by atoms with Gasteiger partial charge in [-0.05, 0) is 30.7 Å². The Morgan fingerprint density at radius 1 is 0.967 bits per heavy atom. The maximum absolute atomic E-state index is 13.2. The quantitative estimate of drug-likeness (QED) is 0.634. The lowest BCUT2D eigenvalue weighted by Crippen LogP contribution is -2.53. The molecule has 0 saturated carbocycles. The van der Waals surface area contributed by atoms with Crippen LogP contribution in [0.15, 0.2) is 89.6 Å². The van der Waals surface area contributed by atoms with Gasteiger partial charge >= 0.3 is 0 Å². The van der Waals surface area contributed by atoms with Gasteiger partial charge in [0.05, 0.1) is 10.6 Å². The molecule has 148 valence electrons. The van der Waals surface area contributed by atoms with E-state index in [2.05, 4.69) is 10.4 Å². The summed E-state index contributed by atoms with van der Waals surface area (Å²) < 4.78 is 0. The zero-order chi connectivity index (χ0) is 21.1. The van der Waals surface area contributed by atoms with Crippen LogP contribution < -0.4 is 5.43 Å². The second-order valence-electron chi connectivity index (χ2n) is 6.80. The third-order valence-electron chi connectivity index (χ3n) is 4.60. The van der Waals surface area contributed by atoms with Gasteiger partial charge in [-0.25, -0.2) is 4.99 Å². The largest absolute Gasteiger partial charge is 0.288 e. The molecule has 3 aromatic rings. The number of hydrogen-bond donors (Lipinski definition) is 1. The molecule has 2 amide bonds. The number of carbonyl (C=O) groups excluding carboxylic acids is 2. The average molecular weight is 416 g/mol. The Labute approximate surface area is 179 Å². The summed E-state index contributed by atoms with van der Waals surface area (Å²) >= 11 is 6.21. The fraction of sp³-hybridized carbons (Fsp3) is 0.0417. The van der Waals surface area contributed by atoms with Crippen LogP contribution >= 0.6 is 11.6 Å². The smallest absolute Gasteiger partial charge is 0.267 e. The molecule has 5 nitrogen and oxygen atoms in total. The molecule has 0 atom stereocenters. The first-order valence-electron chi connectivity index (χ1n) is 9.35. The van der Waals surface area contributed by atoms with Gasteiger partial charge in [-0.1, -0.05) is 83.9 Å². The first kappa shape index (κ1) is 19.6. The van der Waals surface area contributed by atoms with E-state index in [4.69, 9.17) is 11.6 Å². The van der Waals surface area contributed by atoms with E-state index in [1.54, 1.807) is 30.3 Å². The number of amides is 2. The van der Waals surface area contributed by atoms with Gasteiger partial charge in [0.1, 0.15) is 5.70 Å². The van der Waals surface area contributed by atoms with Gasteiger partial charge in [0.25, 0.3) is 11.8 Å². The lowest BCUT2D eigenvalue weighted by Gasteiger charge is -2.29. The normalized spacial score (nSPS) is 15.0. The van der Waals surface area contributed by atoms with E-state index >= 15 is 0 Å². The Kier molecular flexibility index (Phi) is 5.46. The number of hydrazine groups is 1. The molecule has 30 heavy (non-hydrogen) atoms. The van der Waals surface area contributed by atoms with Crippen LogP contribution in [0, 0.1) is 6.92 Å². The highest BCUT2D eigenvalue weighted by molar-refractivity contribution is 6.34. The number of carbonyl (C=O) groups is 2. The minimum atomic E-state index is -0.476. The van der Waals surface area contributed by atoms with Gasteiger partial charge in [0.2, 0.25) is 0 Å². The SMILES string of the molecule is Cc1ccc(/C=C2/N=C(c3ccccc3)N(C(=O)c3ccccc3Cl)NC2=O)cc1. The second-order valence-corrected chi connectivity index (χ2v) is 7.21. The fourth-order valence-electron chi connectivity index (χ4n) is 3.03. The molecule has 1 N–H and O–H groups in total. The van der Waals surface area contributed by atoms with Crippen LogP contribution in [0.25, 0.3) is 6.08 Å². The Bertz CT molecular complexity index is 1170. The maximum atomic E-state index is 13.2. The van der Waals surface area contributed by atoms with Crippen LogP contribution in [0.2, 0.25) is 5.02 Å². The van der Waals surface area contributed by atoms with Crippen LogP contribution in [0.1, 0.15) is 27.0 Å². The third-order valence-corrected chi connectivity index (χ3v) is 4.93. The Morgan fingerprint density at radius 3 is 2.33 bits per heavy atom. The first-order valence-corrected chi connectivity index (χ1v) is 9.73. The molecule has 0 radical (unpaired) electrons. The Balaban J connectivity index is 1.80. The molecule has 0 fully saturated rings. The minimum absolute atomic E-state index is 0.209. The molecular formula is C24H18ClN3O2. The van der Waals surface area contributed by atoms with Crippen molar-refractivity contribution < 1.29 is 9.59 Å². The molecule has 4 rings (SSSR count). The monoisotopic (exact) mass is 415 g/mol. The first-order chi connectivity index (χ1) is 14.5. The highest BCUT2D eigenvalue weighted by Gasteiger charge is 2.31. The van der Waals surface area contributed by atoms with Crippen molar-refractivity contribution in [1.82, 2.24) is 10.4 Å². The van der Waals surface area contributed by atoms with Gasteiger partial charge in [-0.15, -0.1) is 0 Å². The number of benzene rings is 3. The summed E-state index contributed by atoms with van der Waals surface area (Å²) in [6.45, 7) is 1.99. The van der Waals surface area contributed by atoms with E-state index in [1.807, 2.05) is 61.5 Å². The van der Waals surface area contributed by atoms with E-state index in [0.717, 1.165) is 16.1 Å². The molecule has 0 spiro atoms. The lowest BCUT2D eigenvalue weighted by atomic mass is 10.1. The lowest BCUT2D eigenvalue weighted by molar-refractivity contribution is -0.120. The number of aliphatic imine (C=N–C) groups is 1. The summed E-state index contributed by atoms with van der Waals surface area (Å²) in [6.07, 6.45) is 1.69. The number of hydrogen-bond acceptors (Lipinski definition) is 3. The molecule has 3 aromatic carbocycles. The van der Waals surface area contributed by atoms with Crippen LogP contribution in [-0.2, 0) is 4.79 Å². The molecule has 1 aliphatic rings. The molecular weight excluding hydrogens is 398 g/mol. The minimum Gasteiger partial charge on any atom is -0.267 e. The van der Waals surface area contributed by atoms with E-state index < -0.39 is 11.8 Å². The third kappa shape index (κ3) is 4.02. The van der Waals surface area contributed by atoms with Gasteiger partial charge in [0.15, 0.2) is 5.84 Å². The predicted octanol–water partition coefficient (Wildman–Crippen LogP) is 4.62. The van der Waals surface area contributed by atoms with Crippen molar-refractivity contribution in [2.75, 3.05) is 0 Å². The van der Waals surface area contributed by atoms with Gasteiger partial charge in [-0.2, -0.15) is 5.01 Å². The molecule has 0 unspecified atom stereocenters. The van der Waals surface area contributed by atoms with Crippen molar-refractivity contribution in [2.24, 2.45) is 4.99 Å². The van der Waals surface area contributed by atoms with Crippen molar-refractivity contribution in [3.63, 3.8) is 0 Å². The predicted molar refractivity (Wildman–Crippen MR) is 118 cm³/mol. The average Bonchev–Trinajstić information content (AvgIpc) is 2.77. The fourth-order valence-corrected chi connectivity index (χ4v) is 3.24. The van der Waals surface area contributed by atoms with E-state index in [1.165, 1.54) is 0 Å². The van der Waals surface area contributed by atoms with Crippen molar-refractivity contribution in [3.05, 3.63) is 112 Å². The highest BCUT2D eigenvalue weighted by atomic mass is 35.5. The number of amidine groups is 1. The molecule has 0 bridgehead atoms. The van der Waals surface area contributed by atoms with Crippen molar-refractivity contribution in [1.29, 1.82) is 0 Å². The molecule has 6 heteroatoms. The summed E-state index contributed by atoms with van der Waals surface area (Å²) in [5.74, 6) is -0.625. The highest BCUT2D eigenvalue weighted by Crippen LogP contribution is 2.22. The van der Waals surface area contributed by atoms with Gasteiger partial charge < -0.3 is 0 Å². The number of nitrogens with one attached hydrogen (secondary N) is 1. The van der Waals surface area contributed by atoms with Crippen LogP contribution in [-0.4, -0.2) is 22.7 Å². The molecule has 0 aliphatic carbocycles. The van der Waals surface area contributed by atoms with Crippen molar-refractivity contribution in [2.45, 2.75) is 6.92 Å². The Hall–Kier alpha value is -3.70. The van der Waals surface area contributed by atoms with Crippen LogP contribution in [0.3, 0.4) is 0 Å². The molecule has 0 saturated heterocycles. The summed E-state index contributed by atoms with van der Waals surface area (Å²) in [5, 5.41) is 1.44. The topological polar surface area (TPSA) is 61.8 Å². The molecule has 0 aromatic heterocycles. The second kappa shape index (κ2) is 8.35. The maximum Gasteiger partial charge on any atom is 0.288 e. The molecule has 1 heterocycles. The molecule has 1 aliphatic heterocycles. The zero-order valence-corrected chi connectivity index (χ0v) is 16.9. The summed E-state index contributed by atoms with van der Waals surface area (Å²) in [5.41, 5.74) is 5.79. The summed E-state index contributed by atoms with van der Waals surface area (Å²) in [7, 11) is 0. The van der Waals surface area contributed by atoms with Crippen molar-refractivity contribution in [3.8, 4) is 0 Å². The van der Waals surface area contributed by atoms with E-state index in [0.29, 0.717) is 16.4 Å². The van der Waals surface area contributed by atoms with E-state index in [9.17, 15) is 9.59 Å².